The highest BCUT2D eigenvalue weighted by molar-refractivity contribution is 5.95. The number of carbonyl (C=O) groups is 2. The van der Waals surface area contributed by atoms with Gasteiger partial charge in [0.25, 0.3) is 5.91 Å². The van der Waals surface area contributed by atoms with Gasteiger partial charge in [0, 0.05) is 37.8 Å². The maximum absolute atomic E-state index is 12.9. The van der Waals surface area contributed by atoms with Crippen LogP contribution in [0.5, 0.6) is 17.2 Å². The van der Waals surface area contributed by atoms with Crippen LogP contribution in [0.2, 0.25) is 0 Å². The average molecular weight is 398 g/mol. The van der Waals surface area contributed by atoms with Crippen molar-refractivity contribution < 1.29 is 23.8 Å². The summed E-state index contributed by atoms with van der Waals surface area (Å²) >= 11 is 0. The van der Waals surface area contributed by atoms with Crippen molar-refractivity contribution in [2.45, 2.75) is 6.42 Å². The molecule has 0 aliphatic carbocycles. The zero-order valence-electron chi connectivity index (χ0n) is 17.0. The minimum atomic E-state index is -0.0931. The van der Waals surface area contributed by atoms with Gasteiger partial charge in [0.2, 0.25) is 5.91 Å². The SMILES string of the molecule is COc1ccc(CC(=O)N2CCN(C(=O)c3cc(OC)cc(OC)c3)CC2)cc1. The number of benzene rings is 2. The molecule has 1 saturated heterocycles. The van der Waals surface area contributed by atoms with Gasteiger partial charge in [-0.05, 0) is 29.8 Å². The van der Waals surface area contributed by atoms with Gasteiger partial charge in [0.1, 0.15) is 17.2 Å². The van der Waals surface area contributed by atoms with E-state index in [-0.39, 0.29) is 11.8 Å². The normalized spacial score (nSPS) is 13.8. The second kappa shape index (κ2) is 9.32. The van der Waals surface area contributed by atoms with Crippen LogP contribution in [0.1, 0.15) is 15.9 Å². The molecule has 0 spiro atoms. The first-order valence-electron chi connectivity index (χ1n) is 9.47. The number of amides is 2. The van der Waals surface area contributed by atoms with E-state index < -0.39 is 0 Å². The molecular weight excluding hydrogens is 372 g/mol. The number of hydrogen-bond acceptors (Lipinski definition) is 5. The molecule has 0 saturated carbocycles. The van der Waals surface area contributed by atoms with Crippen LogP contribution in [0.3, 0.4) is 0 Å². The molecule has 7 heteroatoms. The largest absolute Gasteiger partial charge is 0.497 e. The van der Waals surface area contributed by atoms with Gasteiger partial charge in [-0.25, -0.2) is 0 Å². The Kier molecular flexibility index (Phi) is 6.59. The number of ether oxygens (including phenoxy) is 3. The molecule has 1 aliphatic heterocycles. The van der Waals surface area contributed by atoms with E-state index in [4.69, 9.17) is 14.2 Å². The van der Waals surface area contributed by atoms with Crippen molar-refractivity contribution in [1.29, 1.82) is 0 Å². The Morgan fingerprint density at radius 3 is 1.79 bits per heavy atom. The molecular formula is C22H26N2O5. The fourth-order valence-corrected chi connectivity index (χ4v) is 3.30. The zero-order chi connectivity index (χ0) is 20.8. The van der Waals surface area contributed by atoms with Crippen molar-refractivity contribution in [2.75, 3.05) is 47.5 Å². The van der Waals surface area contributed by atoms with Gasteiger partial charge in [0.05, 0.1) is 27.8 Å². The summed E-state index contributed by atoms with van der Waals surface area (Å²) in [4.78, 5) is 29.0. The first-order valence-corrected chi connectivity index (χ1v) is 9.47. The summed E-state index contributed by atoms with van der Waals surface area (Å²) in [6.07, 6.45) is 0.338. The number of methoxy groups -OCH3 is 3. The van der Waals surface area contributed by atoms with Crippen molar-refractivity contribution in [3.05, 3.63) is 53.6 Å². The Balaban J connectivity index is 1.58. The predicted octanol–water partition coefficient (Wildman–Crippen LogP) is 2.24. The van der Waals surface area contributed by atoms with Gasteiger partial charge >= 0.3 is 0 Å². The third-order valence-electron chi connectivity index (χ3n) is 5.03. The van der Waals surface area contributed by atoms with Crippen molar-refractivity contribution in [3.63, 3.8) is 0 Å². The Hall–Kier alpha value is -3.22. The van der Waals surface area contributed by atoms with E-state index in [1.54, 1.807) is 49.3 Å². The Bertz CT molecular complexity index is 836. The molecule has 1 heterocycles. The summed E-state index contributed by atoms with van der Waals surface area (Å²) in [7, 11) is 4.72. The Labute approximate surface area is 170 Å². The number of hydrogen-bond donors (Lipinski definition) is 0. The van der Waals surface area contributed by atoms with Gasteiger partial charge in [-0.15, -0.1) is 0 Å². The van der Waals surface area contributed by atoms with Crippen LogP contribution in [0.4, 0.5) is 0 Å². The van der Waals surface area contributed by atoms with E-state index in [0.717, 1.165) is 11.3 Å². The van der Waals surface area contributed by atoms with Crippen LogP contribution in [0, 0.1) is 0 Å². The maximum atomic E-state index is 12.9. The molecule has 0 aromatic heterocycles. The van der Waals surface area contributed by atoms with E-state index in [9.17, 15) is 9.59 Å². The lowest BCUT2D eigenvalue weighted by Gasteiger charge is -2.35. The summed E-state index contributed by atoms with van der Waals surface area (Å²) in [5.41, 5.74) is 1.46. The van der Waals surface area contributed by atoms with Gasteiger partial charge < -0.3 is 24.0 Å². The predicted molar refractivity (Wildman–Crippen MR) is 109 cm³/mol. The molecule has 1 aliphatic rings. The molecule has 3 rings (SSSR count). The molecule has 0 atom stereocenters. The highest BCUT2D eigenvalue weighted by Gasteiger charge is 2.25. The first kappa shape index (κ1) is 20.5. The van der Waals surface area contributed by atoms with Crippen LogP contribution < -0.4 is 14.2 Å². The Morgan fingerprint density at radius 1 is 0.759 bits per heavy atom. The molecule has 0 bridgehead atoms. The quantitative estimate of drug-likeness (QED) is 0.747. The third-order valence-corrected chi connectivity index (χ3v) is 5.03. The minimum Gasteiger partial charge on any atom is -0.497 e. The average Bonchev–Trinajstić information content (AvgIpc) is 2.78. The second-order valence-corrected chi connectivity index (χ2v) is 6.80. The summed E-state index contributed by atoms with van der Waals surface area (Å²) in [5.74, 6) is 1.87. The van der Waals surface area contributed by atoms with Crippen molar-refractivity contribution in [3.8, 4) is 17.2 Å². The lowest BCUT2D eigenvalue weighted by Crippen LogP contribution is -2.51. The highest BCUT2D eigenvalue weighted by Crippen LogP contribution is 2.24. The number of rotatable bonds is 6. The topological polar surface area (TPSA) is 68.3 Å². The molecule has 29 heavy (non-hydrogen) atoms. The monoisotopic (exact) mass is 398 g/mol. The third kappa shape index (κ3) is 4.99. The summed E-state index contributed by atoms with van der Waals surface area (Å²) in [6.45, 7) is 2.02. The fraction of sp³-hybridized carbons (Fsp3) is 0.364. The molecule has 0 radical (unpaired) electrons. The maximum Gasteiger partial charge on any atom is 0.254 e. The molecule has 154 valence electrons. The van der Waals surface area contributed by atoms with E-state index in [2.05, 4.69) is 0 Å². The molecule has 2 aromatic rings. The molecule has 1 fully saturated rings. The lowest BCUT2D eigenvalue weighted by atomic mass is 10.1. The molecule has 2 amide bonds. The number of carbonyl (C=O) groups excluding carboxylic acids is 2. The fourth-order valence-electron chi connectivity index (χ4n) is 3.30. The van der Waals surface area contributed by atoms with Crippen LogP contribution in [0.25, 0.3) is 0 Å². The number of piperazine rings is 1. The summed E-state index contributed by atoms with van der Waals surface area (Å²) in [6, 6.07) is 12.6. The van der Waals surface area contributed by atoms with E-state index in [0.29, 0.717) is 49.7 Å². The Morgan fingerprint density at radius 2 is 1.28 bits per heavy atom. The minimum absolute atomic E-state index is 0.0605. The van der Waals surface area contributed by atoms with Gasteiger partial charge in [-0.1, -0.05) is 12.1 Å². The summed E-state index contributed by atoms with van der Waals surface area (Å²) in [5, 5.41) is 0. The molecule has 7 nitrogen and oxygen atoms in total. The number of nitrogens with zero attached hydrogens (tertiary/aromatic N) is 2. The van der Waals surface area contributed by atoms with Crippen LogP contribution in [0.15, 0.2) is 42.5 Å². The zero-order valence-corrected chi connectivity index (χ0v) is 17.0. The van der Waals surface area contributed by atoms with Crippen LogP contribution >= 0.6 is 0 Å². The van der Waals surface area contributed by atoms with Crippen molar-refractivity contribution in [2.24, 2.45) is 0 Å². The van der Waals surface area contributed by atoms with E-state index in [1.165, 1.54) is 0 Å². The summed E-state index contributed by atoms with van der Waals surface area (Å²) < 4.78 is 15.6. The second-order valence-electron chi connectivity index (χ2n) is 6.80. The van der Waals surface area contributed by atoms with E-state index >= 15 is 0 Å². The van der Waals surface area contributed by atoms with Gasteiger partial charge in [0.15, 0.2) is 0 Å². The molecule has 0 N–H and O–H groups in total. The van der Waals surface area contributed by atoms with Gasteiger partial charge in [-0.3, -0.25) is 9.59 Å². The van der Waals surface area contributed by atoms with E-state index in [1.807, 2.05) is 24.3 Å². The first-order chi connectivity index (χ1) is 14.0. The lowest BCUT2D eigenvalue weighted by molar-refractivity contribution is -0.131. The van der Waals surface area contributed by atoms with Crippen LogP contribution in [-0.4, -0.2) is 69.1 Å². The molecule has 0 unspecified atom stereocenters. The van der Waals surface area contributed by atoms with Crippen molar-refractivity contribution in [1.82, 2.24) is 9.80 Å². The van der Waals surface area contributed by atoms with Crippen molar-refractivity contribution >= 4 is 11.8 Å². The molecule has 2 aromatic carbocycles. The highest BCUT2D eigenvalue weighted by atomic mass is 16.5. The van der Waals surface area contributed by atoms with Gasteiger partial charge in [-0.2, -0.15) is 0 Å². The van der Waals surface area contributed by atoms with Crippen LogP contribution in [-0.2, 0) is 11.2 Å². The smallest absolute Gasteiger partial charge is 0.254 e. The standard InChI is InChI=1S/C22H26N2O5/c1-27-18-6-4-16(5-7-18)12-21(25)23-8-10-24(11-9-23)22(26)17-13-19(28-2)15-20(14-17)29-3/h4-7,13-15H,8-12H2,1-3H3.